The van der Waals surface area contributed by atoms with E-state index in [1.54, 1.807) is 0 Å². The standard InChI is InChI=1S/C15H26N2S/c1-11(2)15(14-8-5-9-18-14)17-12(3)6-4-7-13(17)10-16/h5,8-9,11-13,15H,4,6-7,10,16H2,1-3H3. The van der Waals surface area contributed by atoms with Crippen LogP contribution in [0.25, 0.3) is 0 Å². The Bertz CT molecular complexity index is 347. The van der Waals surface area contributed by atoms with Gasteiger partial charge in [0.2, 0.25) is 0 Å². The molecular weight excluding hydrogens is 240 g/mol. The van der Waals surface area contributed by atoms with Crippen LogP contribution < -0.4 is 5.73 Å². The molecule has 1 aromatic heterocycles. The molecule has 1 aliphatic rings. The minimum atomic E-state index is 0.536. The third-order valence-electron chi connectivity index (χ3n) is 4.15. The molecule has 0 saturated carbocycles. The van der Waals surface area contributed by atoms with Gasteiger partial charge in [-0.05, 0) is 37.1 Å². The molecule has 2 N–H and O–H groups in total. The highest BCUT2D eigenvalue weighted by atomic mass is 32.1. The second-order valence-electron chi connectivity index (χ2n) is 5.82. The zero-order valence-corrected chi connectivity index (χ0v) is 12.6. The summed E-state index contributed by atoms with van der Waals surface area (Å²) in [6.07, 6.45) is 3.90. The maximum Gasteiger partial charge on any atom is 0.0470 e. The number of nitrogens with zero attached hydrogens (tertiary/aromatic N) is 1. The Kier molecular flexibility index (Phi) is 4.82. The molecule has 3 unspecified atom stereocenters. The van der Waals surface area contributed by atoms with Crippen molar-refractivity contribution in [1.82, 2.24) is 4.90 Å². The second-order valence-corrected chi connectivity index (χ2v) is 6.80. The van der Waals surface area contributed by atoms with Crippen LogP contribution in [0, 0.1) is 5.92 Å². The predicted molar refractivity (Wildman–Crippen MR) is 79.9 cm³/mol. The van der Waals surface area contributed by atoms with Crippen molar-refractivity contribution >= 4 is 11.3 Å². The molecule has 3 atom stereocenters. The number of hydrogen-bond acceptors (Lipinski definition) is 3. The normalized spacial score (nSPS) is 27.6. The van der Waals surface area contributed by atoms with E-state index in [0.29, 0.717) is 24.0 Å². The van der Waals surface area contributed by atoms with Gasteiger partial charge < -0.3 is 5.73 Å². The minimum Gasteiger partial charge on any atom is -0.329 e. The Morgan fingerprint density at radius 3 is 2.78 bits per heavy atom. The first-order valence-electron chi connectivity index (χ1n) is 7.16. The van der Waals surface area contributed by atoms with Crippen molar-refractivity contribution in [3.05, 3.63) is 22.4 Å². The highest BCUT2D eigenvalue weighted by molar-refractivity contribution is 7.10. The van der Waals surface area contributed by atoms with Crippen LogP contribution in [0.2, 0.25) is 0 Å². The van der Waals surface area contributed by atoms with Crippen molar-refractivity contribution in [2.75, 3.05) is 6.54 Å². The van der Waals surface area contributed by atoms with E-state index >= 15 is 0 Å². The Morgan fingerprint density at radius 1 is 1.44 bits per heavy atom. The van der Waals surface area contributed by atoms with E-state index in [4.69, 9.17) is 5.73 Å². The van der Waals surface area contributed by atoms with Gasteiger partial charge in [-0.1, -0.05) is 26.3 Å². The van der Waals surface area contributed by atoms with E-state index in [1.807, 2.05) is 11.3 Å². The van der Waals surface area contributed by atoms with Gasteiger partial charge in [-0.15, -0.1) is 11.3 Å². The van der Waals surface area contributed by atoms with E-state index in [0.717, 1.165) is 6.54 Å². The maximum absolute atomic E-state index is 6.01. The van der Waals surface area contributed by atoms with Crippen molar-refractivity contribution in [2.45, 2.75) is 58.2 Å². The molecule has 1 fully saturated rings. The van der Waals surface area contributed by atoms with Crippen LogP contribution in [0.15, 0.2) is 17.5 Å². The Balaban J connectivity index is 2.28. The molecule has 2 nitrogen and oxygen atoms in total. The number of likely N-dealkylation sites (tertiary alicyclic amines) is 1. The van der Waals surface area contributed by atoms with Gasteiger partial charge in [0.05, 0.1) is 0 Å². The van der Waals surface area contributed by atoms with Gasteiger partial charge in [-0.2, -0.15) is 0 Å². The van der Waals surface area contributed by atoms with Crippen LogP contribution >= 0.6 is 11.3 Å². The van der Waals surface area contributed by atoms with E-state index in [-0.39, 0.29) is 0 Å². The number of piperidine rings is 1. The molecule has 102 valence electrons. The Hall–Kier alpha value is -0.380. The van der Waals surface area contributed by atoms with Crippen LogP contribution in [0.1, 0.15) is 51.0 Å². The zero-order chi connectivity index (χ0) is 13.1. The fraction of sp³-hybridized carbons (Fsp3) is 0.733. The van der Waals surface area contributed by atoms with Crippen LogP contribution in [0.4, 0.5) is 0 Å². The first-order chi connectivity index (χ1) is 8.65. The molecular formula is C15H26N2S. The molecule has 0 bridgehead atoms. The number of thiophene rings is 1. The van der Waals surface area contributed by atoms with Crippen molar-refractivity contribution in [3.8, 4) is 0 Å². The number of rotatable bonds is 4. The lowest BCUT2D eigenvalue weighted by Gasteiger charge is -2.46. The highest BCUT2D eigenvalue weighted by Gasteiger charge is 2.35. The highest BCUT2D eigenvalue weighted by Crippen LogP contribution is 2.38. The molecule has 0 aromatic carbocycles. The van der Waals surface area contributed by atoms with Crippen LogP contribution in [-0.2, 0) is 0 Å². The van der Waals surface area contributed by atoms with Crippen LogP contribution in [-0.4, -0.2) is 23.5 Å². The predicted octanol–water partition coefficient (Wildman–Crippen LogP) is 3.65. The molecule has 2 heterocycles. The summed E-state index contributed by atoms with van der Waals surface area (Å²) in [5, 5.41) is 2.19. The van der Waals surface area contributed by atoms with E-state index in [1.165, 1.54) is 24.1 Å². The molecule has 0 aliphatic carbocycles. The monoisotopic (exact) mass is 266 g/mol. The summed E-state index contributed by atoms with van der Waals surface area (Å²) in [4.78, 5) is 4.19. The summed E-state index contributed by atoms with van der Waals surface area (Å²) in [5.74, 6) is 0.637. The number of nitrogens with two attached hydrogens (primary N) is 1. The quantitative estimate of drug-likeness (QED) is 0.901. The van der Waals surface area contributed by atoms with Crippen molar-refractivity contribution in [1.29, 1.82) is 0 Å². The molecule has 0 amide bonds. The fourth-order valence-electron chi connectivity index (χ4n) is 3.33. The zero-order valence-electron chi connectivity index (χ0n) is 11.8. The molecule has 2 rings (SSSR count). The molecule has 1 aromatic rings. The molecule has 1 saturated heterocycles. The minimum absolute atomic E-state index is 0.536. The molecule has 18 heavy (non-hydrogen) atoms. The summed E-state index contributed by atoms with van der Waals surface area (Å²) < 4.78 is 0. The third-order valence-corrected chi connectivity index (χ3v) is 5.09. The average Bonchev–Trinajstić information content (AvgIpc) is 2.84. The smallest absolute Gasteiger partial charge is 0.0470 e. The van der Waals surface area contributed by atoms with Gasteiger partial charge in [0.25, 0.3) is 0 Å². The largest absolute Gasteiger partial charge is 0.329 e. The van der Waals surface area contributed by atoms with Crippen molar-refractivity contribution in [2.24, 2.45) is 11.7 Å². The van der Waals surface area contributed by atoms with Gasteiger partial charge in [0.1, 0.15) is 0 Å². The molecule has 0 spiro atoms. The lowest BCUT2D eigenvalue weighted by atomic mass is 9.90. The van der Waals surface area contributed by atoms with Gasteiger partial charge in [-0.25, -0.2) is 0 Å². The summed E-state index contributed by atoms with van der Waals surface area (Å²) >= 11 is 1.89. The van der Waals surface area contributed by atoms with E-state index < -0.39 is 0 Å². The summed E-state index contributed by atoms with van der Waals surface area (Å²) in [7, 11) is 0. The lowest BCUT2D eigenvalue weighted by molar-refractivity contribution is 0.0297. The van der Waals surface area contributed by atoms with Gasteiger partial charge in [0.15, 0.2) is 0 Å². The SMILES string of the molecule is CC(C)C(c1cccs1)N1C(C)CCCC1CN. The van der Waals surface area contributed by atoms with Gasteiger partial charge in [-0.3, -0.25) is 4.90 Å². The van der Waals surface area contributed by atoms with Gasteiger partial charge in [0, 0.05) is 29.5 Å². The summed E-state index contributed by atoms with van der Waals surface area (Å²) in [6, 6.07) is 6.20. The van der Waals surface area contributed by atoms with Crippen LogP contribution in [0.3, 0.4) is 0 Å². The molecule has 3 heteroatoms. The van der Waals surface area contributed by atoms with E-state index in [9.17, 15) is 0 Å². The molecule has 0 radical (unpaired) electrons. The van der Waals surface area contributed by atoms with Crippen molar-refractivity contribution in [3.63, 3.8) is 0 Å². The lowest BCUT2D eigenvalue weighted by Crippen LogP contribution is -2.51. The third kappa shape index (κ3) is 2.79. The van der Waals surface area contributed by atoms with Gasteiger partial charge >= 0.3 is 0 Å². The topological polar surface area (TPSA) is 29.3 Å². The van der Waals surface area contributed by atoms with Crippen LogP contribution in [0.5, 0.6) is 0 Å². The van der Waals surface area contributed by atoms with Crippen molar-refractivity contribution < 1.29 is 0 Å². The maximum atomic E-state index is 6.01. The fourth-order valence-corrected chi connectivity index (χ4v) is 4.33. The van der Waals surface area contributed by atoms with E-state index in [2.05, 4.69) is 43.2 Å². The summed E-state index contributed by atoms with van der Waals surface area (Å²) in [6.45, 7) is 7.82. The Labute approximate surface area is 115 Å². The first-order valence-corrected chi connectivity index (χ1v) is 8.04. The number of hydrogen-bond donors (Lipinski definition) is 1. The Morgan fingerprint density at radius 2 is 2.22 bits per heavy atom. The molecule has 1 aliphatic heterocycles. The first kappa shape index (κ1) is 14.0. The second kappa shape index (κ2) is 6.18. The average molecular weight is 266 g/mol. The summed E-state index contributed by atoms with van der Waals surface area (Å²) in [5.41, 5.74) is 6.01.